The summed E-state index contributed by atoms with van der Waals surface area (Å²) < 4.78 is 5.22. The highest BCUT2D eigenvalue weighted by molar-refractivity contribution is 5.97. The zero-order chi connectivity index (χ0) is 6.53. The Morgan fingerprint density at radius 3 is 2.44 bits per heavy atom. The maximum absolute atomic E-state index is 5.22. The normalized spacial score (nSPS) is 22.7. The molecule has 0 radical (unpaired) electrons. The van der Waals surface area contributed by atoms with Crippen LogP contribution in [-0.4, -0.2) is 17.1 Å². The van der Waals surface area contributed by atoms with E-state index in [0.29, 0.717) is 0 Å². The summed E-state index contributed by atoms with van der Waals surface area (Å²) in [6.07, 6.45) is 7.17. The Kier molecular flexibility index (Phi) is 3.29. The summed E-state index contributed by atoms with van der Waals surface area (Å²) in [7, 11) is 0.923. The van der Waals surface area contributed by atoms with Crippen LogP contribution in [0.2, 0.25) is 0 Å². The summed E-state index contributed by atoms with van der Waals surface area (Å²) in [5, 5.41) is 0. The highest BCUT2D eigenvalue weighted by atomic mass is 28.2. The minimum Gasteiger partial charge on any atom is -0.428 e. The standard InChI is InChI=1S/C7H16OSi/c9-8-6-7-4-2-1-3-5-7/h7H,1-6H2,9H3. The SMILES string of the molecule is [SiH3]OCC1CCCCC1. The van der Waals surface area contributed by atoms with Gasteiger partial charge in [-0.05, 0) is 18.8 Å². The monoisotopic (exact) mass is 144 g/mol. The largest absolute Gasteiger partial charge is 0.428 e. The second-order valence-corrected chi connectivity index (χ2v) is 3.54. The van der Waals surface area contributed by atoms with Gasteiger partial charge in [0, 0.05) is 6.61 Å². The summed E-state index contributed by atoms with van der Waals surface area (Å²) in [5.41, 5.74) is 0. The molecule has 0 bridgehead atoms. The van der Waals surface area contributed by atoms with Crippen molar-refractivity contribution in [1.29, 1.82) is 0 Å². The third-order valence-electron chi connectivity index (χ3n) is 2.13. The second-order valence-electron chi connectivity index (χ2n) is 2.96. The second kappa shape index (κ2) is 4.07. The van der Waals surface area contributed by atoms with E-state index in [1.807, 2.05) is 0 Å². The van der Waals surface area contributed by atoms with E-state index >= 15 is 0 Å². The molecule has 0 N–H and O–H groups in total. The Balaban J connectivity index is 2.08. The van der Waals surface area contributed by atoms with Crippen molar-refractivity contribution in [1.82, 2.24) is 0 Å². The van der Waals surface area contributed by atoms with Gasteiger partial charge in [-0.15, -0.1) is 0 Å². The van der Waals surface area contributed by atoms with E-state index in [1.165, 1.54) is 32.1 Å². The molecule has 0 unspecified atom stereocenters. The van der Waals surface area contributed by atoms with E-state index in [2.05, 4.69) is 0 Å². The van der Waals surface area contributed by atoms with Gasteiger partial charge in [0.25, 0.3) is 0 Å². The average molecular weight is 144 g/mol. The lowest BCUT2D eigenvalue weighted by molar-refractivity contribution is 0.222. The lowest BCUT2D eigenvalue weighted by Crippen LogP contribution is -2.11. The van der Waals surface area contributed by atoms with Crippen LogP contribution in [0.15, 0.2) is 0 Å². The number of hydrogen-bond donors (Lipinski definition) is 0. The maximum atomic E-state index is 5.22. The first-order chi connectivity index (χ1) is 4.43. The van der Waals surface area contributed by atoms with Crippen molar-refractivity contribution < 1.29 is 4.43 Å². The van der Waals surface area contributed by atoms with Gasteiger partial charge in [-0.3, -0.25) is 0 Å². The number of rotatable bonds is 2. The quantitative estimate of drug-likeness (QED) is 0.522. The van der Waals surface area contributed by atoms with Crippen LogP contribution in [-0.2, 0) is 4.43 Å². The molecule has 1 rings (SSSR count). The summed E-state index contributed by atoms with van der Waals surface area (Å²) >= 11 is 0. The highest BCUT2D eigenvalue weighted by Crippen LogP contribution is 2.23. The van der Waals surface area contributed by atoms with E-state index in [-0.39, 0.29) is 0 Å². The zero-order valence-electron chi connectivity index (χ0n) is 6.23. The Labute approximate surface area is 60.3 Å². The Bertz CT molecular complexity index is 66.6. The van der Waals surface area contributed by atoms with Crippen LogP contribution < -0.4 is 0 Å². The maximum Gasteiger partial charge on any atom is 0.145 e. The third kappa shape index (κ3) is 2.50. The first kappa shape index (κ1) is 7.29. The Hall–Kier alpha value is 0.177. The van der Waals surface area contributed by atoms with Gasteiger partial charge >= 0.3 is 0 Å². The molecule has 9 heavy (non-hydrogen) atoms. The van der Waals surface area contributed by atoms with E-state index in [4.69, 9.17) is 4.43 Å². The molecule has 0 spiro atoms. The van der Waals surface area contributed by atoms with Gasteiger partial charge in [-0.25, -0.2) is 0 Å². The highest BCUT2D eigenvalue weighted by Gasteiger charge is 2.11. The average Bonchev–Trinajstić information content (AvgIpc) is 1.91. The molecule has 1 fully saturated rings. The Morgan fingerprint density at radius 1 is 1.22 bits per heavy atom. The van der Waals surface area contributed by atoms with Gasteiger partial charge in [-0.1, -0.05) is 19.3 Å². The smallest absolute Gasteiger partial charge is 0.145 e. The van der Waals surface area contributed by atoms with E-state index < -0.39 is 0 Å². The molecule has 1 aliphatic carbocycles. The predicted octanol–water partition coefficient (Wildman–Crippen LogP) is 0.864. The van der Waals surface area contributed by atoms with Crippen LogP contribution in [0.1, 0.15) is 32.1 Å². The van der Waals surface area contributed by atoms with Gasteiger partial charge in [0.05, 0.1) is 0 Å². The van der Waals surface area contributed by atoms with Gasteiger partial charge in [0.2, 0.25) is 0 Å². The summed E-state index contributed by atoms with van der Waals surface area (Å²) in [6, 6.07) is 0. The molecule has 1 nitrogen and oxygen atoms in total. The molecule has 2 heteroatoms. The molecule has 1 aliphatic rings. The molecule has 0 amide bonds. The molecule has 1 saturated carbocycles. The zero-order valence-corrected chi connectivity index (χ0v) is 8.23. The van der Waals surface area contributed by atoms with Crippen molar-refractivity contribution in [2.24, 2.45) is 5.92 Å². The fraction of sp³-hybridized carbons (Fsp3) is 1.00. The lowest BCUT2D eigenvalue weighted by Gasteiger charge is -2.20. The molecular weight excluding hydrogens is 128 g/mol. The van der Waals surface area contributed by atoms with Crippen molar-refractivity contribution in [2.75, 3.05) is 6.61 Å². The molecule has 54 valence electrons. The molecule has 0 atom stereocenters. The van der Waals surface area contributed by atoms with Crippen LogP contribution in [0, 0.1) is 5.92 Å². The van der Waals surface area contributed by atoms with Crippen LogP contribution in [0.4, 0.5) is 0 Å². The first-order valence-electron chi connectivity index (χ1n) is 3.92. The predicted molar refractivity (Wildman–Crippen MR) is 42.5 cm³/mol. The van der Waals surface area contributed by atoms with E-state index in [9.17, 15) is 0 Å². The third-order valence-corrected chi connectivity index (χ3v) is 2.46. The minimum atomic E-state index is 0.913. The van der Waals surface area contributed by atoms with Crippen LogP contribution in [0.25, 0.3) is 0 Å². The van der Waals surface area contributed by atoms with Gasteiger partial charge < -0.3 is 4.43 Å². The molecule has 0 aliphatic heterocycles. The van der Waals surface area contributed by atoms with Crippen molar-refractivity contribution in [2.45, 2.75) is 32.1 Å². The Morgan fingerprint density at radius 2 is 1.89 bits per heavy atom. The van der Waals surface area contributed by atoms with Crippen LogP contribution in [0.3, 0.4) is 0 Å². The first-order valence-corrected chi connectivity index (χ1v) is 4.74. The number of hydrogen-bond acceptors (Lipinski definition) is 1. The van der Waals surface area contributed by atoms with Crippen LogP contribution >= 0.6 is 0 Å². The van der Waals surface area contributed by atoms with Gasteiger partial charge in [0.1, 0.15) is 10.5 Å². The molecular formula is C7H16OSi. The topological polar surface area (TPSA) is 9.23 Å². The molecule has 0 aromatic carbocycles. The van der Waals surface area contributed by atoms with Crippen molar-refractivity contribution in [3.05, 3.63) is 0 Å². The molecule has 0 aromatic heterocycles. The summed E-state index contributed by atoms with van der Waals surface area (Å²) in [6.45, 7) is 1.05. The van der Waals surface area contributed by atoms with Crippen molar-refractivity contribution in [3.63, 3.8) is 0 Å². The van der Waals surface area contributed by atoms with E-state index in [0.717, 1.165) is 23.0 Å². The lowest BCUT2D eigenvalue weighted by atomic mass is 9.90. The van der Waals surface area contributed by atoms with Crippen molar-refractivity contribution in [3.8, 4) is 0 Å². The van der Waals surface area contributed by atoms with Gasteiger partial charge in [-0.2, -0.15) is 0 Å². The summed E-state index contributed by atoms with van der Waals surface area (Å²) in [5.74, 6) is 0.913. The fourth-order valence-corrected chi connectivity index (χ4v) is 2.06. The molecule has 0 saturated heterocycles. The minimum absolute atomic E-state index is 0.913. The van der Waals surface area contributed by atoms with E-state index in [1.54, 1.807) is 0 Å². The molecule has 0 aromatic rings. The molecule has 0 heterocycles. The fourth-order valence-electron chi connectivity index (χ4n) is 1.59. The van der Waals surface area contributed by atoms with Crippen LogP contribution in [0.5, 0.6) is 0 Å². The van der Waals surface area contributed by atoms with Crippen molar-refractivity contribution >= 4 is 10.5 Å². The van der Waals surface area contributed by atoms with Gasteiger partial charge in [0.15, 0.2) is 0 Å². The summed E-state index contributed by atoms with van der Waals surface area (Å²) in [4.78, 5) is 0.